The molecule has 1 aromatic heterocycles. The van der Waals surface area contributed by atoms with E-state index >= 15 is 0 Å². The molecule has 1 N–H and O–H groups in total. The number of morpholine rings is 1. The number of nitrogens with one attached hydrogen (secondary N) is 1. The maximum absolute atomic E-state index is 11.9. The van der Waals surface area contributed by atoms with Crippen LogP contribution in [-0.2, 0) is 16.1 Å². The molecule has 1 aliphatic rings. The van der Waals surface area contributed by atoms with Gasteiger partial charge in [0.15, 0.2) is 0 Å². The minimum absolute atomic E-state index is 0.197. The molecule has 2 heterocycles. The molecule has 1 saturated heterocycles. The highest BCUT2D eigenvalue weighted by atomic mass is 79.9. The minimum Gasteiger partial charge on any atom is -0.378 e. The Morgan fingerprint density at radius 2 is 2.21 bits per heavy atom. The third-order valence-corrected chi connectivity index (χ3v) is 3.40. The molecule has 1 fully saturated rings. The van der Waals surface area contributed by atoms with Crippen molar-refractivity contribution < 1.29 is 9.53 Å². The second-order valence-corrected chi connectivity index (χ2v) is 5.35. The van der Waals surface area contributed by atoms with Crippen LogP contribution in [0.15, 0.2) is 22.9 Å². The molecule has 1 amide bonds. The van der Waals surface area contributed by atoms with Gasteiger partial charge in [0.25, 0.3) is 0 Å². The number of carbonyl (C=O) groups excluding carboxylic acids is 1. The molecule has 0 spiro atoms. The van der Waals surface area contributed by atoms with Crippen LogP contribution in [0.2, 0.25) is 0 Å². The summed E-state index contributed by atoms with van der Waals surface area (Å²) >= 11 is 3.38. The number of hydrogen-bond donors (Lipinski definition) is 1. The monoisotopic (exact) mass is 327 g/mol. The zero-order valence-electron chi connectivity index (χ0n) is 10.8. The van der Waals surface area contributed by atoms with Crippen molar-refractivity contribution in [2.45, 2.75) is 13.0 Å². The maximum atomic E-state index is 11.9. The van der Waals surface area contributed by atoms with Crippen LogP contribution in [0, 0.1) is 0 Å². The molecule has 2 rings (SSSR count). The van der Waals surface area contributed by atoms with Crippen molar-refractivity contribution in [3.8, 4) is 0 Å². The van der Waals surface area contributed by atoms with E-state index in [0.29, 0.717) is 39.3 Å². The average Bonchev–Trinajstić information content (AvgIpc) is 2.44. The Labute approximate surface area is 121 Å². The SMILES string of the molecule is O=C(CCNCc1cncc(Br)c1)N1CCOCC1. The van der Waals surface area contributed by atoms with Gasteiger partial charge in [-0.1, -0.05) is 0 Å². The predicted molar refractivity (Wildman–Crippen MR) is 75.7 cm³/mol. The summed E-state index contributed by atoms with van der Waals surface area (Å²) in [5, 5.41) is 3.26. The zero-order valence-corrected chi connectivity index (χ0v) is 12.4. The van der Waals surface area contributed by atoms with Gasteiger partial charge in [-0.2, -0.15) is 0 Å². The Balaban J connectivity index is 1.65. The molecular weight excluding hydrogens is 310 g/mol. The van der Waals surface area contributed by atoms with E-state index in [-0.39, 0.29) is 5.91 Å². The van der Waals surface area contributed by atoms with Gasteiger partial charge in [-0.3, -0.25) is 9.78 Å². The molecule has 6 heteroatoms. The molecule has 0 aliphatic carbocycles. The lowest BCUT2D eigenvalue weighted by molar-refractivity contribution is -0.135. The molecule has 0 saturated carbocycles. The largest absolute Gasteiger partial charge is 0.378 e. The molecule has 1 aliphatic heterocycles. The molecule has 0 unspecified atom stereocenters. The van der Waals surface area contributed by atoms with Gasteiger partial charge < -0.3 is 15.0 Å². The Bertz CT molecular complexity index is 422. The Morgan fingerprint density at radius 1 is 1.42 bits per heavy atom. The number of pyridine rings is 1. The second kappa shape index (κ2) is 7.57. The van der Waals surface area contributed by atoms with Crippen molar-refractivity contribution in [3.05, 3.63) is 28.5 Å². The summed E-state index contributed by atoms with van der Waals surface area (Å²) in [6.07, 6.45) is 4.11. The van der Waals surface area contributed by atoms with E-state index in [1.165, 1.54) is 0 Å². The maximum Gasteiger partial charge on any atom is 0.224 e. The smallest absolute Gasteiger partial charge is 0.224 e. The summed E-state index contributed by atoms with van der Waals surface area (Å²) in [5.41, 5.74) is 1.10. The zero-order chi connectivity index (χ0) is 13.5. The number of carbonyl (C=O) groups is 1. The van der Waals surface area contributed by atoms with Crippen LogP contribution in [0.5, 0.6) is 0 Å². The van der Waals surface area contributed by atoms with Gasteiger partial charge in [0.2, 0.25) is 5.91 Å². The van der Waals surface area contributed by atoms with Crippen LogP contribution in [0.4, 0.5) is 0 Å². The first kappa shape index (κ1) is 14.4. The van der Waals surface area contributed by atoms with E-state index in [2.05, 4.69) is 26.2 Å². The number of hydrogen-bond acceptors (Lipinski definition) is 4. The molecule has 0 aromatic carbocycles. The number of halogens is 1. The molecule has 104 valence electrons. The lowest BCUT2D eigenvalue weighted by atomic mass is 10.2. The summed E-state index contributed by atoms with van der Waals surface area (Å²) in [7, 11) is 0. The van der Waals surface area contributed by atoms with E-state index in [1.807, 2.05) is 17.2 Å². The summed E-state index contributed by atoms with van der Waals surface area (Å²) in [6, 6.07) is 2.02. The second-order valence-electron chi connectivity index (χ2n) is 4.43. The van der Waals surface area contributed by atoms with Crippen molar-refractivity contribution in [1.29, 1.82) is 0 Å². The molecule has 0 bridgehead atoms. The molecule has 0 atom stereocenters. The van der Waals surface area contributed by atoms with E-state index < -0.39 is 0 Å². The lowest BCUT2D eigenvalue weighted by Crippen LogP contribution is -2.41. The van der Waals surface area contributed by atoms with Crippen LogP contribution in [0.1, 0.15) is 12.0 Å². The van der Waals surface area contributed by atoms with Gasteiger partial charge in [-0.15, -0.1) is 0 Å². The number of aromatic nitrogens is 1. The first-order valence-electron chi connectivity index (χ1n) is 6.41. The highest BCUT2D eigenvalue weighted by molar-refractivity contribution is 9.10. The molecule has 1 aromatic rings. The van der Waals surface area contributed by atoms with Crippen LogP contribution < -0.4 is 5.32 Å². The Hall–Kier alpha value is -0.980. The van der Waals surface area contributed by atoms with Crippen LogP contribution in [0.3, 0.4) is 0 Å². The standard InChI is InChI=1S/C13H18BrN3O2/c14-12-7-11(9-16-10-12)8-15-2-1-13(18)17-3-5-19-6-4-17/h7,9-10,15H,1-6,8H2. The first-order chi connectivity index (χ1) is 9.25. The van der Waals surface area contributed by atoms with E-state index in [4.69, 9.17) is 4.74 Å². The van der Waals surface area contributed by atoms with E-state index in [9.17, 15) is 4.79 Å². The predicted octanol–water partition coefficient (Wildman–Crippen LogP) is 1.18. The first-order valence-corrected chi connectivity index (χ1v) is 7.20. The van der Waals surface area contributed by atoms with Gasteiger partial charge in [0.1, 0.15) is 0 Å². The van der Waals surface area contributed by atoms with E-state index in [0.717, 1.165) is 16.6 Å². The van der Waals surface area contributed by atoms with Crippen LogP contribution in [-0.4, -0.2) is 48.6 Å². The fourth-order valence-electron chi connectivity index (χ4n) is 1.95. The summed E-state index contributed by atoms with van der Waals surface area (Å²) in [4.78, 5) is 17.8. The number of amides is 1. The van der Waals surface area contributed by atoms with Crippen molar-refractivity contribution in [2.24, 2.45) is 0 Å². The molecule has 19 heavy (non-hydrogen) atoms. The van der Waals surface area contributed by atoms with Gasteiger partial charge in [-0.05, 0) is 27.6 Å². The Kier molecular flexibility index (Phi) is 5.75. The third kappa shape index (κ3) is 4.89. The molecular formula is C13H18BrN3O2. The number of rotatable bonds is 5. The third-order valence-electron chi connectivity index (χ3n) is 2.97. The Morgan fingerprint density at radius 3 is 2.95 bits per heavy atom. The van der Waals surface area contributed by atoms with Gasteiger partial charge in [0.05, 0.1) is 13.2 Å². The van der Waals surface area contributed by atoms with Crippen molar-refractivity contribution >= 4 is 21.8 Å². The van der Waals surface area contributed by atoms with Crippen molar-refractivity contribution in [1.82, 2.24) is 15.2 Å². The number of nitrogens with zero attached hydrogens (tertiary/aromatic N) is 2. The average molecular weight is 328 g/mol. The van der Waals surface area contributed by atoms with Gasteiger partial charge >= 0.3 is 0 Å². The minimum atomic E-state index is 0.197. The number of ether oxygens (including phenoxy) is 1. The summed E-state index contributed by atoms with van der Waals surface area (Å²) < 4.78 is 6.19. The summed E-state index contributed by atoms with van der Waals surface area (Å²) in [5.74, 6) is 0.197. The van der Waals surface area contributed by atoms with Gasteiger partial charge in [0, 0.05) is 49.5 Å². The fourth-order valence-corrected chi connectivity index (χ4v) is 2.36. The van der Waals surface area contributed by atoms with Crippen LogP contribution >= 0.6 is 15.9 Å². The quantitative estimate of drug-likeness (QED) is 0.825. The van der Waals surface area contributed by atoms with Gasteiger partial charge in [-0.25, -0.2) is 0 Å². The van der Waals surface area contributed by atoms with Crippen LogP contribution in [0.25, 0.3) is 0 Å². The topological polar surface area (TPSA) is 54.5 Å². The highest BCUT2D eigenvalue weighted by Gasteiger charge is 2.15. The van der Waals surface area contributed by atoms with E-state index in [1.54, 1.807) is 6.20 Å². The summed E-state index contributed by atoms with van der Waals surface area (Å²) in [6.45, 7) is 4.15. The molecule has 5 nitrogen and oxygen atoms in total. The fraction of sp³-hybridized carbons (Fsp3) is 0.538. The van der Waals surface area contributed by atoms with Crippen molar-refractivity contribution in [2.75, 3.05) is 32.8 Å². The lowest BCUT2D eigenvalue weighted by Gasteiger charge is -2.26. The normalized spacial score (nSPS) is 15.5. The molecule has 0 radical (unpaired) electrons. The van der Waals surface area contributed by atoms with Crippen molar-refractivity contribution in [3.63, 3.8) is 0 Å². The highest BCUT2D eigenvalue weighted by Crippen LogP contribution is 2.09.